The topological polar surface area (TPSA) is 67.8 Å². The maximum absolute atomic E-state index is 11.5. The second-order valence-corrected chi connectivity index (χ2v) is 4.10. The summed E-state index contributed by atoms with van der Waals surface area (Å²) >= 11 is 11.5. The number of benzene rings is 1. The number of hydrogen-bond donors (Lipinski definition) is 1. The average Bonchev–Trinajstić information content (AvgIpc) is 2.26. The lowest BCUT2D eigenvalue weighted by molar-refractivity contribution is 0.689. The molecule has 0 saturated heterocycles. The van der Waals surface area contributed by atoms with E-state index in [1.54, 1.807) is 24.3 Å². The summed E-state index contributed by atoms with van der Waals surface area (Å²) in [4.78, 5) is 27.8. The van der Waals surface area contributed by atoms with Crippen molar-refractivity contribution in [1.82, 2.24) is 14.5 Å². The minimum atomic E-state index is -0.757. The maximum atomic E-state index is 11.5. The van der Waals surface area contributed by atoms with E-state index in [9.17, 15) is 9.59 Å². The smallest absolute Gasteiger partial charge is 0.264 e. The molecule has 5 nitrogen and oxygen atoms in total. The van der Waals surface area contributed by atoms with Gasteiger partial charge in [0.1, 0.15) is 0 Å². The average molecular weight is 272 g/mol. The zero-order valence-electron chi connectivity index (χ0n) is 8.48. The van der Waals surface area contributed by atoms with Crippen LogP contribution in [-0.2, 0) is 6.54 Å². The third-order valence-corrected chi connectivity index (χ3v) is 2.67. The van der Waals surface area contributed by atoms with Crippen molar-refractivity contribution in [2.45, 2.75) is 6.54 Å². The molecule has 1 heterocycles. The van der Waals surface area contributed by atoms with Gasteiger partial charge in [-0.1, -0.05) is 23.7 Å². The predicted octanol–water partition coefficient (Wildman–Crippen LogP) is 1.29. The standard InChI is InChI=1S/C10H7Cl2N3O2/c11-7-3-1-6(2-4-7)5-15-8(12)13-9(16)14-10(15)17/h1-4H,5H2,(H,14,16,17). The van der Waals surface area contributed by atoms with Crippen LogP contribution in [0.1, 0.15) is 5.56 Å². The second-order valence-electron chi connectivity index (χ2n) is 3.33. The molecule has 7 heteroatoms. The van der Waals surface area contributed by atoms with Gasteiger partial charge in [-0.05, 0) is 29.3 Å². The predicted molar refractivity (Wildman–Crippen MR) is 64.7 cm³/mol. The Kier molecular flexibility index (Phi) is 3.31. The number of nitrogens with one attached hydrogen (secondary N) is 1. The molecule has 0 bridgehead atoms. The zero-order valence-corrected chi connectivity index (χ0v) is 10.00. The lowest BCUT2D eigenvalue weighted by atomic mass is 10.2. The Morgan fingerprint density at radius 1 is 1.18 bits per heavy atom. The molecule has 2 aromatic rings. The van der Waals surface area contributed by atoms with E-state index in [1.807, 2.05) is 4.98 Å². The summed E-state index contributed by atoms with van der Waals surface area (Å²) in [5.74, 6) is 0. The molecule has 0 aliphatic heterocycles. The quantitative estimate of drug-likeness (QED) is 0.895. The van der Waals surface area contributed by atoms with Crippen LogP contribution in [0.15, 0.2) is 33.9 Å². The minimum Gasteiger partial charge on any atom is -0.264 e. The minimum absolute atomic E-state index is 0.145. The van der Waals surface area contributed by atoms with E-state index < -0.39 is 11.4 Å². The zero-order chi connectivity index (χ0) is 12.4. The van der Waals surface area contributed by atoms with Crippen LogP contribution < -0.4 is 11.4 Å². The van der Waals surface area contributed by atoms with E-state index in [0.29, 0.717) is 5.02 Å². The van der Waals surface area contributed by atoms with Gasteiger partial charge in [-0.25, -0.2) is 9.59 Å². The van der Waals surface area contributed by atoms with Gasteiger partial charge in [0, 0.05) is 5.02 Å². The summed E-state index contributed by atoms with van der Waals surface area (Å²) in [6.07, 6.45) is 0. The molecule has 0 amide bonds. The van der Waals surface area contributed by atoms with E-state index in [0.717, 1.165) is 10.1 Å². The molecule has 88 valence electrons. The van der Waals surface area contributed by atoms with Crippen molar-refractivity contribution in [1.29, 1.82) is 0 Å². The van der Waals surface area contributed by atoms with Crippen LogP contribution in [-0.4, -0.2) is 14.5 Å². The van der Waals surface area contributed by atoms with Gasteiger partial charge in [-0.2, -0.15) is 4.98 Å². The van der Waals surface area contributed by atoms with Crippen LogP contribution in [0.5, 0.6) is 0 Å². The first-order valence-electron chi connectivity index (χ1n) is 4.67. The Labute approximate surface area is 106 Å². The molecule has 0 radical (unpaired) electrons. The fourth-order valence-electron chi connectivity index (χ4n) is 1.32. The summed E-state index contributed by atoms with van der Waals surface area (Å²) in [7, 11) is 0. The molecule has 1 aromatic carbocycles. The van der Waals surface area contributed by atoms with Crippen molar-refractivity contribution in [3.05, 3.63) is 61.1 Å². The Balaban J connectivity index is 2.40. The van der Waals surface area contributed by atoms with E-state index in [1.165, 1.54) is 0 Å². The van der Waals surface area contributed by atoms with Crippen molar-refractivity contribution in [2.24, 2.45) is 0 Å². The van der Waals surface area contributed by atoms with E-state index in [4.69, 9.17) is 23.2 Å². The van der Waals surface area contributed by atoms with E-state index >= 15 is 0 Å². The summed E-state index contributed by atoms with van der Waals surface area (Å²) in [5.41, 5.74) is -0.524. The van der Waals surface area contributed by atoms with Gasteiger partial charge in [0.15, 0.2) is 0 Å². The van der Waals surface area contributed by atoms with Crippen LogP contribution in [0.2, 0.25) is 10.3 Å². The molecule has 0 unspecified atom stereocenters. The van der Waals surface area contributed by atoms with Gasteiger partial charge >= 0.3 is 11.4 Å². The Morgan fingerprint density at radius 3 is 2.41 bits per heavy atom. The van der Waals surface area contributed by atoms with Crippen LogP contribution in [0, 0.1) is 0 Å². The first kappa shape index (κ1) is 11.9. The SMILES string of the molecule is O=c1nc(Cl)n(Cc2ccc(Cl)cc2)c(=O)[nH]1. The maximum Gasteiger partial charge on any atom is 0.351 e. The van der Waals surface area contributed by atoms with Crippen molar-refractivity contribution in [2.75, 3.05) is 0 Å². The highest BCUT2D eigenvalue weighted by atomic mass is 35.5. The molecule has 2 rings (SSSR count). The first-order valence-corrected chi connectivity index (χ1v) is 5.43. The van der Waals surface area contributed by atoms with Crippen molar-refractivity contribution in [3.8, 4) is 0 Å². The number of H-pyrrole nitrogens is 1. The van der Waals surface area contributed by atoms with Gasteiger partial charge in [0.2, 0.25) is 5.28 Å². The number of nitrogens with zero attached hydrogens (tertiary/aromatic N) is 2. The summed E-state index contributed by atoms with van der Waals surface area (Å²) in [6, 6.07) is 6.93. The van der Waals surface area contributed by atoms with Crippen LogP contribution in [0.3, 0.4) is 0 Å². The number of rotatable bonds is 2. The highest BCUT2D eigenvalue weighted by Gasteiger charge is 2.05. The van der Waals surface area contributed by atoms with Crippen molar-refractivity contribution in [3.63, 3.8) is 0 Å². The van der Waals surface area contributed by atoms with Gasteiger partial charge in [-0.15, -0.1) is 0 Å². The number of hydrogen-bond acceptors (Lipinski definition) is 3. The summed E-state index contributed by atoms with van der Waals surface area (Å²) in [6.45, 7) is 0.221. The lowest BCUT2D eigenvalue weighted by Gasteiger charge is -2.06. The van der Waals surface area contributed by atoms with E-state index in [2.05, 4.69) is 4.98 Å². The molecule has 0 saturated carbocycles. The second kappa shape index (κ2) is 4.73. The highest BCUT2D eigenvalue weighted by Crippen LogP contribution is 2.11. The molecule has 17 heavy (non-hydrogen) atoms. The molecular weight excluding hydrogens is 265 g/mol. The molecule has 0 fully saturated rings. The fraction of sp³-hybridized carbons (Fsp3) is 0.100. The lowest BCUT2D eigenvalue weighted by Crippen LogP contribution is -2.32. The molecular formula is C10H7Cl2N3O2. The van der Waals surface area contributed by atoms with Gasteiger partial charge < -0.3 is 0 Å². The Morgan fingerprint density at radius 2 is 1.82 bits per heavy atom. The molecule has 0 aliphatic rings. The molecule has 1 aromatic heterocycles. The Hall–Kier alpha value is -1.59. The Bertz CT molecular complexity index is 646. The number of halogens is 2. The largest absolute Gasteiger partial charge is 0.351 e. The third-order valence-electron chi connectivity index (χ3n) is 2.13. The number of aromatic nitrogens is 3. The highest BCUT2D eigenvalue weighted by molar-refractivity contribution is 6.30. The molecule has 0 atom stereocenters. The number of aromatic amines is 1. The van der Waals surface area contributed by atoms with E-state index in [-0.39, 0.29) is 11.8 Å². The first-order chi connectivity index (χ1) is 8.06. The fourth-order valence-corrected chi connectivity index (χ4v) is 1.66. The molecule has 1 N–H and O–H groups in total. The van der Waals surface area contributed by atoms with Crippen LogP contribution in [0.25, 0.3) is 0 Å². The van der Waals surface area contributed by atoms with Crippen LogP contribution >= 0.6 is 23.2 Å². The normalized spacial score (nSPS) is 10.5. The van der Waals surface area contributed by atoms with Gasteiger partial charge in [0.05, 0.1) is 6.54 Å². The summed E-state index contributed by atoms with van der Waals surface area (Å²) in [5, 5.41) is 0.459. The van der Waals surface area contributed by atoms with Crippen molar-refractivity contribution >= 4 is 23.2 Å². The van der Waals surface area contributed by atoms with Crippen molar-refractivity contribution < 1.29 is 0 Å². The summed E-state index contributed by atoms with van der Waals surface area (Å²) < 4.78 is 1.16. The molecule has 0 aliphatic carbocycles. The van der Waals surface area contributed by atoms with Gasteiger partial charge in [-0.3, -0.25) is 9.55 Å². The monoisotopic (exact) mass is 271 g/mol. The van der Waals surface area contributed by atoms with Crippen LogP contribution in [0.4, 0.5) is 0 Å². The van der Waals surface area contributed by atoms with Gasteiger partial charge in [0.25, 0.3) is 0 Å². The third kappa shape index (κ3) is 2.75. The molecule has 0 spiro atoms.